The number of benzene rings is 2. The third-order valence-corrected chi connectivity index (χ3v) is 3.25. The standard InChI is InChI=1S/C14H13BrFN/c1-10(11-5-3-2-4-6-11)17-12-7-8-13(15)14(16)9-12/h2-10,17H,1H3. The Kier molecular flexibility index (Phi) is 3.79. The predicted molar refractivity (Wildman–Crippen MR) is 72.6 cm³/mol. The first-order chi connectivity index (χ1) is 8.16. The average molecular weight is 294 g/mol. The van der Waals surface area contributed by atoms with Crippen LogP contribution in [0.3, 0.4) is 0 Å². The molecule has 0 aromatic heterocycles. The second-order valence-corrected chi connectivity index (χ2v) is 4.76. The van der Waals surface area contributed by atoms with Gasteiger partial charge in [0.1, 0.15) is 5.82 Å². The van der Waals surface area contributed by atoms with E-state index in [1.54, 1.807) is 6.07 Å². The third-order valence-electron chi connectivity index (χ3n) is 2.60. The molecule has 0 fully saturated rings. The van der Waals surface area contributed by atoms with Crippen molar-refractivity contribution in [2.75, 3.05) is 5.32 Å². The van der Waals surface area contributed by atoms with Gasteiger partial charge in [-0.1, -0.05) is 30.3 Å². The van der Waals surface area contributed by atoms with Crippen molar-refractivity contribution in [2.45, 2.75) is 13.0 Å². The lowest BCUT2D eigenvalue weighted by molar-refractivity contribution is 0.621. The van der Waals surface area contributed by atoms with Gasteiger partial charge in [0.25, 0.3) is 0 Å². The van der Waals surface area contributed by atoms with Crippen LogP contribution in [0.1, 0.15) is 18.5 Å². The van der Waals surface area contributed by atoms with E-state index in [0.717, 1.165) is 5.69 Å². The number of hydrogen-bond acceptors (Lipinski definition) is 1. The topological polar surface area (TPSA) is 12.0 Å². The molecule has 0 bridgehead atoms. The second-order valence-electron chi connectivity index (χ2n) is 3.91. The second kappa shape index (κ2) is 5.32. The van der Waals surface area contributed by atoms with E-state index < -0.39 is 0 Å². The highest BCUT2D eigenvalue weighted by Crippen LogP contribution is 2.23. The van der Waals surface area contributed by atoms with Gasteiger partial charge in [-0.3, -0.25) is 0 Å². The van der Waals surface area contributed by atoms with Crippen molar-refractivity contribution < 1.29 is 4.39 Å². The van der Waals surface area contributed by atoms with Crippen LogP contribution in [0.2, 0.25) is 0 Å². The zero-order valence-corrected chi connectivity index (χ0v) is 11.0. The van der Waals surface area contributed by atoms with Crippen LogP contribution in [0.5, 0.6) is 0 Å². The maximum Gasteiger partial charge on any atom is 0.139 e. The molecule has 0 amide bonds. The molecule has 0 heterocycles. The summed E-state index contributed by atoms with van der Waals surface area (Å²) in [5, 5.41) is 3.27. The van der Waals surface area contributed by atoms with Crippen molar-refractivity contribution >= 4 is 21.6 Å². The number of anilines is 1. The Balaban J connectivity index is 2.13. The normalized spacial score (nSPS) is 12.2. The SMILES string of the molecule is CC(Nc1ccc(Br)c(F)c1)c1ccccc1. The van der Waals surface area contributed by atoms with E-state index in [1.807, 2.05) is 36.4 Å². The summed E-state index contributed by atoms with van der Waals surface area (Å²) < 4.78 is 13.8. The van der Waals surface area contributed by atoms with E-state index in [-0.39, 0.29) is 11.9 Å². The molecule has 88 valence electrons. The lowest BCUT2D eigenvalue weighted by Gasteiger charge is -2.15. The van der Waals surface area contributed by atoms with Gasteiger partial charge in [-0.2, -0.15) is 0 Å². The molecule has 2 aromatic rings. The van der Waals surface area contributed by atoms with Gasteiger partial charge in [-0.05, 0) is 46.6 Å². The molecule has 2 aromatic carbocycles. The molecule has 0 aliphatic rings. The van der Waals surface area contributed by atoms with Gasteiger partial charge in [0.15, 0.2) is 0 Å². The molecule has 0 radical (unpaired) electrons. The minimum Gasteiger partial charge on any atom is -0.378 e. The van der Waals surface area contributed by atoms with Gasteiger partial charge < -0.3 is 5.32 Å². The van der Waals surface area contributed by atoms with Gasteiger partial charge in [-0.15, -0.1) is 0 Å². The molecule has 0 spiro atoms. The Hall–Kier alpha value is -1.35. The molecule has 1 N–H and O–H groups in total. The molecule has 1 atom stereocenters. The minimum atomic E-state index is -0.254. The Morgan fingerprint density at radius 3 is 2.47 bits per heavy atom. The van der Waals surface area contributed by atoms with Gasteiger partial charge in [0.05, 0.1) is 4.47 Å². The zero-order chi connectivity index (χ0) is 12.3. The largest absolute Gasteiger partial charge is 0.378 e. The van der Waals surface area contributed by atoms with Crippen molar-refractivity contribution in [1.82, 2.24) is 0 Å². The first-order valence-corrected chi connectivity index (χ1v) is 6.22. The fraction of sp³-hybridized carbons (Fsp3) is 0.143. The molecule has 0 aliphatic carbocycles. The molecule has 17 heavy (non-hydrogen) atoms. The van der Waals surface area contributed by atoms with E-state index >= 15 is 0 Å². The number of hydrogen-bond donors (Lipinski definition) is 1. The first-order valence-electron chi connectivity index (χ1n) is 5.43. The number of halogens is 2. The van der Waals surface area contributed by atoms with E-state index in [0.29, 0.717) is 4.47 Å². The first kappa shape index (κ1) is 12.1. The fourth-order valence-electron chi connectivity index (χ4n) is 1.66. The van der Waals surface area contributed by atoms with Crippen molar-refractivity contribution in [3.05, 3.63) is 64.4 Å². The van der Waals surface area contributed by atoms with Crippen molar-refractivity contribution in [3.63, 3.8) is 0 Å². The summed E-state index contributed by atoms with van der Waals surface area (Å²) in [7, 11) is 0. The molecular formula is C14H13BrFN. The quantitative estimate of drug-likeness (QED) is 0.860. The van der Waals surface area contributed by atoms with E-state index in [1.165, 1.54) is 11.6 Å². The zero-order valence-electron chi connectivity index (χ0n) is 9.45. The fourth-order valence-corrected chi connectivity index (χ4v) is 1.91. The molecule has 3 heteroatoms. The van der Waals surface area contributed by atoms with Crippen LogP contribution in [-0.4, -0.2) is 0 Å². The maximum absolute atomic E-state index is 13.3. The lowest BCUT2D eigenvalue weighted by Crippen LogP contribution is -2.06. The van der Waals surface area contributed by atoms with Crippen LogP contribution >= 0.6 is 15.9 Å². The van der Waals surface area contributed by atoms with Crippen LogP contribution in [0.25, 0.3) is 0 Å². The lowest BCUT2D eigenvalue weighted by atomic mass is 10.1. The van der Waals surface area contributed by atoms with Crippen LogP contribution in [0, 0.1) is 5.82 Å². The van der Waals surface area contributed by atoms with Crippen LogP contribution in [0.15, 0.2) is 53.0 Å². The summed E-state index contributed by atoms with van der Waals surface area (Å²) >= 11 is 3.14. The smallest absolute Gasteiger partial charge is 0.139 e. The average Bonchev–Trinajstić information content (AvgIpc) is 2.35. The maximum atomic E-state index is 13.3. The number of nitrogens with one attached hydrogen (secondary N) is 1. The van der Waals surface area contributed by atoms with Crippen LogP contribution < -0.4 is 5.32 Å². The molecule has 0 saturated carbocycles. The minimum absolute atomic E-state index is 0.150. The van der Waals surface area contributed by atoms with Crippen LogP contribution in [0.4, 0.5) is 10.1 Å². The molecule has 0 aliphatic heterocycles. The van der Waals surface area contributed by atoms with Crippen molar-refractivity contribution in [2.24, 2.45) is 0 Å². The Morgan fingerprint density at radius 1 is 1.12 bits per heavy atom. The summed E-state index contributed by atoms with van der Waals surface area (Å²) in [5.41, 5.74) is 1.96. The molecular weight excluding hydrogens is 281 g/mol. The highest BCUT2D eigenvalue weighted by atomic mass is 79.9. The molecule has 1 unspecified atom stereocenters. The Morgan fingerprint density at radius 2 is 1.82 bits per heavy atom. The van der Waals surface area contributed by atoms with E-state index in [9.17, 15) is 4.39 Å². The third kappa shape index (κ3) is 3.07. The summed E-state index contributed by atoms with van der Waals surface area (Å²) in [6.07, 6.45) is 0. The molecule has 0 saturated heterocycles. The Bertz CT molecular complexity index is 499. The number of rotatable bonds is 3. The van der Waals surface area contributed by atoms with E-state index in [2.05, 4.69) is 28.2 Å². The van der Waals surface area contributed by atoms with Gasteiger partial charge in [-0.25, -0.2) is 4.39 Å². The summed E-state index contributed by atoms with van der Waals surface area (Å²) in [6, 6.07) is 15.3. The summed E-state index contributed by atoms with van der Waals surface area (Å²) in [4.78, 5) is 0. The van der Waals surface area contributed by atoms with Crippen molar-refractivity contribution in [1.29, 1.82) is 0 Å². The van der Waals surface area contributed by atoms with E-state index in [4.69, 9.17) is 0 Å². The highest BCUT2D eigenvalue weighted by Gasteiger charge is 2.06. The molecule has 2 rings (SSSR count). The summed E-state index contributed by atoms with van der Waals surface area (Å²) in [6.45, 7) is 2.05. The predicted octanol–water partition coefficient (Wildman–Crippen LogP) is 4.76. The summed E-state index contributed by atoms with van der Waals surface area (Å²) in [5.74, 6) is -0.254. The van der Waals surface area contributed by atoms with Crippen molar-refractivity contribution in [3.8, 4) is 0 Å². The Labute approximate surface area is 109 Å². The van der Waals surface area contributed by atoms with Gasteiger partial charge >= 0.3 is 0 Å². The monoisotopic (exact) mass is 293 g/mol. The highest BCUT2D eigenvalue weighted by molar-refractivity contribution is 9.10. The van der Waals surface area contributed by atoms with Gasteiger partial charge in [0, 0.05) is 11.7 Å². The van der Waals surface area contributed by atoms with Gasteiger partial charge in [0.2, 0.25) is 0 Å². The molecule has 1 nitrogen and oxygen atoms in total. The van der Waals surface area contributed by atoms with Crippen LogP contribution in [-0.2, 0) is 0 Å².